The van der Waals surface area contributed by atoms with Gasteiger partial charge in [-0.15, -0.1) is 0 Å². The van der Waals surface area contributed by atoms with Crippen LogP contribution in [-0.4, -0.2) is 17.4 Å². The molecule has 1 aliphatic carbocycles. The van der Waals surface area contributed by atoms with Crippen molar-refractivity contribution in [3.63, 3.8) is 0 Å². The number of hydrogen-bond acceptors (Lipinski definition) is 2. The van der Waals surface area contributed by atoms with Crippen molar-refractivity contribution in [1.82, 2.24) is 10.3 Å². The zero-order valence-corrected chi connectivity index (χ0v) is 13.5. The van der Waals surface area contributed by atoms with Crippen molar-refractivity contribution in [2.24, 2.45) is 23.7 Å². The fourth-order valence-electron chi connectivity index (χ4n) is 3.49. The van der Waals surface area contributed by atoms with Gasteiger partial charge in [0.1, 0.15) is 0 Å². The van der Waals surface area contributed by atoms with Gasteiger partial charge in [0, 0.05) is 30.8 Å². The highest BCUT2D eigenvalue weighted by atomic mass is 16.1. The molecule has 1 saturated carbocycles. The third kappa shape index (κ3) is 4.55. The smallest absolute Gasteiger partial charge is 0.223 e. The highest BCUT2D eigenvalue weighted by Gasteiger charge is 2.35. The summed E-state index contributed by atoms with van der Waals surface area (Å²) in [7, 11) is 0. The Morgan fingerprint density at radius 1 is 1.38 bits per heavy atom. The van der Waals surface area contributed by atoms with Crippen LogP contribution in [0.15, 0.2) is 24.4 Å². The normalized spacial score (nSPS) is 25.8. The Labute approximate surface area is 128 Å². The highest BCUT2D eigenvalue weighted by Crippen LogP contribution is 2.37. The summed E-state index contributed by atoms with van der Waals surface area (Å²) >= 11 is 0. The van der Waals surface area contributed by atoms with E-state index in [1.165, 1.54) is 12.8 Å². The van der Waals surface area contributed by atoms with Crippen molar-refractivity contribution in [2.45, 2.75) is 46.5 Å². The van der Waals surface area contributed by atoms with Crippen molar-refractivity contribution < 1.29 is 4.79 Å². The molecule has 3 nitrogen and oxygen atoms in total. The molecule has 1 aromatic heterocycles. The molecule has 2 rings (SSSR count). The van der Waals surface area contributed by atoms with Crippen molar-refractivity contribution in [1.29, 1.82) is 0 Å². The lowest BCUT2D eigenvalue weighted by molar-refractivity contribution is -0.129. The van der Waals surface area contributed by atoms with E-state index in [-0.39, 0.29) is 11.8 Å². The SMILES string of the molecule is CC(C)[C@@H]1CC[C@@H](C)CC1C(=O)NCCc1ccccn1. The van der Waals surface area contributed by atoms with E-state index in [2.05, 4.69) is 31.1 Å². The molecule has 1 aromatic rings. The van der Waals surface area contributed by atoms with Gasteiger partial charge in [0.15, 0.2) is 0 Å². The van der Waals surface area contributed by atoms with Crippen LogP contribution < -0.4 is 5.32 Å². The predicted octanol–water partition coefficient (Wildman–Crippen LogP) is 3.45. The summed E-state index contributed by atoms with van der Waals surface area (Å²) in [6.45, 7) is 7.44. The molecule has 0 bridgehead atoms. The maximum atomic E-state index is 12.5. The maximum absolute atomic E-state index is 12.5. The first-order valence-electron chi connectivity index (χ1n) is 8.25. The number of carbonyl (C=O) groups excluding carboxylic acids is 1. The Morgan fingerprint density at radius 3 is 2.86 bits per heavy atom. The third-order valence-corrected chi connectivity index (χ3v) is 4.77. The first-order valence-corrected chi connectivity index (χ1v) is 8.25. The summed E-state index contributed by atoms with van der Waals surface area (Å²) in [5.41, 5.74) is 1.04. The largest absolute Gasteiger partial charge is 0.355 e. The lowest BCUT2D eigenvalue weighted by Gasteiger charge is -2.36. The monoisotopic (exact) mass is 288 g/mol. The number of amides is 1. The molecule has 0 saturated heterocycles. The van der Waals surface area contributed by atoms with E-state index >= 15 is 0 Å². The lowest BCUT2D eigenvalue weighted by Crippen LogP contribution is -2.40. The van der Waals surface area contributed by atoms with Crippen LogP contribution in [0.25, 0.3) is 0 Å². The van der Waals surface area contributed by atoms with Gasteiger partial charge in [-0.05, 0) is 42.7 Å². The van der Waals surface area contributed by atoms with E-state index in [9.17, 15) is 4.79 Å². The standard InChI is InChI=1S/C18H28N2O/c1-13(2)16-8-7-14(3)12-17(16)18(21)20-11-9-15-6-4-5-10-19-15/h4-6,10,13-14,16-17H,7-9,11-12H2,1-3H3,(H,20,21)/t14-,16+,17?/m1/s1. The van der Waals surface area contributed by atoms with E-state index in [4.69, 9.17) is 0 Å². The van der Waals surface area contributed by atoms with Gasteiger partial charge in [-0.2, -0.15) is 0 Å². The van der Waals surface area contributed by atoms with E-state index in [1.807, 2.05) is 18.2 Å². The predicted molar refractivity (Wildman–Crippen MR) is 85.8 cm³/mol. The molecule has 0 spiro atoms. The molecule has 1 N–H and O–H groups in total. The summed E-state index contributed by atoms with van der Waals surface area (Å²) in [5, 5.41) is 3.13. The molecule has 1 aliphatic rings. The van der Waals surface area contributed by atoms with Crippen LogP contribution in [0.2, 0.25) is 0 Å². The van der Waals surface area contributed by atoms with Gasteiger partial charge in [-0.25, -0.2) is 0 Å². The van der Waals surface area contributed by atoms with E-state index < -0.39 is 0 Å². The summed E-state index contributed by atoms with van der Waals surface area (Å²) in [6, 6.07) is 5.91. The quantitative estimate of drug-likeness (QED) is 0.901. The number of nitrogens with one attached hydrogen (secondary N) is 1. The number of aromatic nitrogens is 1. The van der Waals surface area contributed by atoms with Crippen LogP contribution in [-0.2, 0) is 11.2 Å². The van der Waals surface area contributed by atoms with Crippen molar-refractivity contribution >= 4 is 5.91 Å². The van der Waals surface area contributed by atoms with Crippen LogP contribution in [0.1, 0.15) is 45.7 Å². The molecule has 0 aliphatic heterocycles. The Bertz CT molecular complexity index is 444. The summed E-state index contributed by atoms with van der Waals surface area (Å²) < 4.78 is 0. The van der Waals surface area contributed by atoms with Crippen molar-refractivity contribution in [3.8, 4) is 0 Å². The second-order valence-electron chi connectivity index (χ2n) is 6.79. The summed E-state index contributed by atoms with van der Waals surface area (Å²) in [5.74, 6) is 2.24. The van der Waals surface area contributed by atoms with Crippen molar-refractivity contribution in [2.75, 3.05) is 6.54 Å². The fourth-order valence-corrected chi connectivity index (χ4v) is 3.49. The molecule has 1 amide bonds. The van der Waals surface area contributed by atoms with E-state index in [0.29, 0.717) is 24.3 Å². The van der Waals surface area contributed by atoms with Gasteiger partial charge < -0.3 is 5.32 Å². The van der Waals surface area contributed by atoms with E-state index in [0.717, 1.165) is 18.5 Å². The topological polar surface area (TPSA) is 42.0 Å². The van der Waals surface area contributed by atoms with Gasteiger partial charge in [0.05, 0.1) is 0 Å². The minimum absolute atomic E-state index is 0.192. The van der Waals surface area contributed by atoms with Crippen LogP contribution in [0.5, 0.6) is 0 Å². The molecule has 0 aromatic carbocycles. The zero-order chi connectivity index (χ0) is 15.2. The summed E-state index contributed by atoms with van der Waals surface area (Å²) in [6.07, 6.45) is 6.10. The third-order valence-electron chi connectivity index (χ3n) is 4.77. The lowest BCUT2D eigenvalue weighted by atomic mass is 9.70. The van der Waals surface area contributed by atoms with Gasteiger partial charge in [0.25, 0.3) is 0 Å². The number of rotatable bonds is 5. The first-order chi connectivity index (χ1) is 10.1. The molecule has 0 radical (unpaired) electrons. The minimum Gasteiger partial charge on any atom is -0.355 e. The zero-order valence-electron chi connectivity index (χ0n) is 13.5. The average Bonchev–Trinajstić information content (AvgIpc) is 2.47. The van der Waals surface area contributed by atoms with Gasteiger partial charge in [-0.3, -0.25) is 9.78 Å². The Kier molecular flexibility index (Phi) is 5.77. The molecule has 21 heavy (non-hydrogen) atoms. The summed E-state index contributed by atoms with van der Waals surface area (Å²) in [4.78, 5) is 16.8. The molecule has 3 heteroatoms. The number of pyridine rings is 1. The Hall–Kier alpha value is -1.38. The second kappa shape index (κ2) is 7.58. The molecular formula is C18H28N2O. The maximum Gasteiger partial charge on any atom is 0.223 e. The molecular weight excluding hydrogens is 260 g/mol. The Balaban J connectivity index is 1.85. The number of hydrogen-bond donors (Lipinski definition) is 1. The number of carbonyl (C=O) groups is 1. The Morgan fingerprint density at radius 2 is 2.19 bits per heavy atom. The molecule has 1 fully saturated rings. The van der Waals surface area contributed by atoms with Crippen molar-refractivity contribution in [3.05, 3.63) is 30.1 Å². The molecule has 116 valence electrons. The first kappa shape index (κ1) is 16.0. The van der Waals surface area contributed by atoms with Gasteiger partial charge in [-0.1, -0.05) is 33.3 Å². The number of nitrogens with zero attached hydrogens (tertiary/aromatic N) is 1. The van der Waals surface area contributed by atoms with Crippen LogP contribution in [0.3, 0.4) is 0 Å². The van der Waals surface area contributed by atoms with Crippen LogP contribution in [0.4, 0.5) is 0 Å². The van der Waals surface area contributed by atoms with Gasteiger partial charge in [0.2, 0.25) is 5.91 Å². The van der Waals surface area contributed by atoms with Crippen LogP contribution >= 0.6 is 0 Å². The molecule has 3 atom stereocenters. The fraction of sp³-hybridized carbons (Fsp3) is 0.667. The molecule has 1 heterocycles. The van der Waals surface area contributed by atoms with Crippen LogP contribution in [0, 0.1) is 23.7 Å². The average molecular weight is 288 g/mol. The highest BCUT2D eigenvalue weighted by molar-refractivity contribution is 5.79. The second-order valence-corrected chi connectivity index (χ2v) is 6.79. The van der Waals surface area contributed by atoms with E-state index in [1.54, 1.807) is 6.20 Å². The van der Waals surface area contributed by atoms with Gasteiger partial charge >= 0.3 is 0 Å². The minimum atomic E-state index is 0.192. The molecule has 1 unspecified atom stereocenters.